The van der Waals surface area contributed by atoms with Crippen molar-refractivity contribution in [1.29, 1.82) is 0 Å². The number of fused-ring (bicyclic) bond motifs is 1. The predicted octanol–water partition coefficient (Wildman–Crippen LogP) is 6.16. The molecule has 3 aromatic carbocycles. The minimum absolute atomic E-state index is 0.0289. The van der Waals surface area contributed by atoms with Crippen molar-refractivity contribution >= 4 is 27.3 Å². The predicted molar refractivity (Wildman–Crippen MR) is 108 cm³/mol. The van der Waals surface area contributed by atoms with E-state index < -0.39 is 0 Å². The lowest BCUT2D eigenvalue weighted by Gasteiger charge is -2.18. The number of hydrogen-bond acceptors (Lipinski definition) is 3. The first-order chi connectivity index (χ1) is 12.9. The van der Waals surface area contributed by atoms with E-state index in [9.17, 15) is 0 Å². The first kappa shape index (κ1) is 15.4. The van der Waals surface area contributed by atoms with Crippen molar-refractivity contribution in [1.82, 2.24) is 0 Å². The topological polar surface area (TPSA) is 21.6 Å². The molecule has 0 spiro atoms. The van der Waals surface area contributed by atoms with Crippen LogP contribution in [0.3, 0.4) is 0 Å². The van der Waals surface area contributed by atoms with E-state index in [-0.39, 0.29) is 12.1 Å². The van der Waals surface area contributed by atoms with Gasteiger partial charge in [0, 0.05) is 4.70 Å². The molecular formula is C23H17NOS. The first-order valence-corrected chi connectivity index (χ1v) is 9.53. The van der Waals surface area contributed by atoms with E-state index in [4.69, 9.17) is 9.73 Å². The minimum Gasteiger partial charge on any atom is -0.466 e. The Morgan fingerprint density at radius 3 is 2.12 bits per heavy atom. The monoisotopic (exact) mass is 355 g/mol. The normalized spacial score (nSPS) is 19.3. The zero-order valence-corrected chi connectivity index (χ0v) is 14.9. The summed E-state index contributed by atoms with van der Waals surface area (Å²) < 4.78 is 7.65. The van der Waals surface area contributed by atoms with Crippen molar-refractivity contribution in [3.8, 4) is 0 Å². The van der Waals surface area contributed by atoms with Crippen LogP contribution in [0, 0.1) is 0 Å². The second-order valence-corrected chi connectivity index (χ2v) is 7.47. The molecule has 5 rings (SSSR count). The van der Waals surface area contributed by atoms with Crippen molar-refractivity contribution in [3.05, 3.63) is 107 Å². The Bertz CT molecular complexity index is 1040. The molecule has 1 aliphatic rings. The van der Waals surface area contributed by atoms with Crippen molar-refractivity contribution in [2.24, 2.45) is 4.99 Å². The summed E-state index contributed by atoms with van der Waals surface area (Å²) >= 11 is 1.73. The Labute approximate surface area is 156 Å². The van der Waals surface area contributed by atoms with Crippen molar-refractivity contribution in [3.63, 3.8) is 0 Å². The number of hydrogen-bond donors (Lipinski definition) is 0. The van der Waals surface area contributed by atoms with Crippen molar-refractivity contribution in [2.45, 2.75) is 12.1 Å². The van der Waals surface area contributed by atoms with Gasteiger partial charge in [-0.3, -0.25) is 0 Å². The molecule has 0 saturated carbocycles. The third-order valence-corrected chi connectivity index (χ3v) is 5.79. The Hall–Kier alpha value is -2.91. The van der Waals surface area contributed by atoms with E-state index in [2.05, 4.69) is 78.9 Å². The van der Waals surface area contributed by atoms with Gasteiger partial charge in [0.05, 0.1) is 4.88 Å². The second kappa shape index (κ2) is 6.43. The minimum atomic E-state index is -0.0983. The molecule has 0 unspecified atom stereocenters. The zero-order valence-electron chi connectivity index (χ0n) is 14.1. The number of thiophene rings is 1. The molecule has 0 amide bonds. The van der Waals surface area contributed by atoms with Gasteiger partial charge in [0.15, 0.2) is 6.10 Å². The molecule has 2 nitrogen and oxygen atoms in total. The average molecular weight is 355 g/mol. The molecule has 0 saturated heterocycles. The van der Waals surface area contributed by atoms with E-state index in [1.54, 1.807) is 11.3 Å². The molecule has 1 aromatic heterocycles. The molecule has 0 bridgehead atoms. The van der Waals surface area contributed by atoms with Gasteiger partial charge >= 0.3 is 0 Å². The van der Waals surface area contributed by atoms with Crippen molar-refractivity contribution in [2.75, 3.05) is 0 Å². The third-order valence-electron chi connectivity index (χ3n) is 4.69. The van der Waals surface area contributed by atoms with Crippen LogP contribution in [0.1, 0.15) is 28.1 Å². The zero-order chi connectivity index (χ0) is 17.3. The summed E-state index contributed by atoms with van der Waals surface area (Å²) in [5.41, 5.74) is 2.33. The Kier molecular flexibility index (Phi) is 3.80. The molecule has 0 fully saturated rings. The molecule has 0 aliphatic carbocycles. The summed E-state index contributed by atoms with van der Waals surface area (Å²) in [6.45, 7) is 0. The molecule has 4 aromatic rings. The van der Waals surface area contributed by atoms with E-state index in [0.29, 0.717) is 0 Å². The van der Waals surface area contributed by atoms with Gasteiger partial charge in [-0.2, -0.15) is 0 Å². The molecule has 26 heavy (non-hydrogen) atoms. The van der Waals surface area contributed by atoms with Gasteiger partial charge in [0.2, 0.25) is 5.90 Å². The highest BCUT2D eigenvalue weighted by Gasteiger charge is 2.34. The van der Waals surface area contributed by atoms with Crippen LogP contribution in [-0.4, -0.2) is 5.90 Å². The van der Waals surface area contributed by atoms with Crippen LogP contribution in [0.4, 0.5) is 0 Å². The summed E-state index contributed by atoms with van der Waals surface area (Å²) in [5.74, 6) is 0.744. The third kappa shape index (κ3) is 2.71. The maximum absolute atomic E-state index is 6.39. The average Bonchev–Trinajstić information content (AvgIpc) is 3.34. The van der Waals surface area contributed by atoms with Crippen LogP contribution < -0.4 is 0 Å². The maximum atomic E-state index is 6.39. The fourth-order valence-corrected chi connectivity index (χ4v) is 4.41. The van der Waals surface area contributed by atoms with E-state index in [1.165, 1.54) is 15.6 Å². The van der Waals surface area contributed by atoms with E-state index in [1.807, 2.05) is 12.1 Å². The Morgan fingerprint density at radius 2 is 1.38 bits per heavy atom. The number of ether oxygens (including phenoxy) is 1. The molecule has 2 heterocycles. The summed E-state index contributed by atoms with van der Waals surface area (Å²) in [7, 11) is 0. The number of benzene rings is 3. The quantitative estimate of drug-likeness (QED) is 0.431. The lowest BCUT2D eigenvalue weighted by atomic mass is 9.97. The molecule has 2 atom stereocenters. The molecule has 1 aliphatic heterocycles. The molecule has 0 radical (unpaired) electrons. The Morgan fingerprint density at radius 1 is 0.731 bits per heavy atom. The van der Waals surface area contributed by atoms with Gasteiger partial charge in [0.25, 0.3) is 0 Å². The molecule has 126 valence electrons. The maximum Gasteiger partial charge on any atom is 0.227 e. The SMILES string of the molecule is c1ccc([C@@H]2N=C(c3cc4ccccc4s3)O[C@H]2c2ccccc2)cc1. The molecule has 3 heteroatoms. The number of nitrogens with zero attached hydrogens (tertiary/aromatic N) is 1. The van der Waals surface area contributed by atoms with Crippen molar-refractivity contribution < 1.29 is 4.74 Å². The van der Waals surface area contributed by atoms with E-state index >= 15 is 0 Å². The highest BCUT2D eigenvalue weighted by Crippen LogP contribution is 2.42. The fourth-order valence-electron chi connectivity index (χ4n) is 3.41. The highest BCUT2D eigenvalue weighted by molar-refractivity contribution is 7.20. The molecular weight excluding hydrogens is 338 g/mol. The standard InChI is InChI=1S/C23H17NOS/c1-3-9-16(10-4-1)21-22(17-11-5-2-6-12-17)25-23(24-21)20-15-18-13-7-8-14-19(18)26-20/h1-15,21-22H/t21-,22-/m0/s1. The smallest absolute Gasteiger partial charge is 0.227 e. The van der Waals surface area contributed by atoms with Gasteiger partial charge < -0.3 is 4.74 Å². The number of aliphatic imine (C=N–C) groups is 1. The summed E-state index contributed by atoms with van der Waals surface area (Å²) in [6.07, 6.45) is -0.0983. The Balaban J connectivity index is 1.58. The summed E-state index contributed by atoms with van der Waals surface area (Å²) in [5, 5.41) is 1.23. The second-order valence-electron chi connectivity index (χ2n) is 6.39. The lowest BCUT2D eigenvalue weighted by molar-refractivity contribution is 0.197. The summed E-state index contributed by atoms with van der Waals surface area (Å²) in [4.78, 5) is 6.07. The van der Waals surface area contributed by atoms with Gasteiger partial charge in [-0.15, -0.1) is 11.3 Å². The fraction of sp³-hybridized carbons (Fsp3) is 0.0870. The van der Waals surface area contributed by atoms with Crippen LogP contribution >= 0.6 is 11.3 Å². The van der Waals surface area contributed by atoms with Crippen LogP contribution in [0.5, 0.6) is 0 Å². The highest BCUT2D eigenvalue weighted by atomic mass is 32.1. The van der Waals surface area contributed by atoms with Gasteiger partial charge in [0.1, 0.15) is 6.04 Å². The van der Waals surface area contributed by atoms with Crippen LogP contribution in [0.25, 0.3) is 10.1 Å². The van der Waals surface area contributed by atoms with Gasteiger partial charge in [-0.25, -0.2) is 4.99 Å². The van der Waals surface area contributed by atoms with Crippen LogP contribution in [-0.2, 0) is 4.74 Å². The first-order valence-electron chi connectivity index (χ1n) is 8.72. The van der Waals surface area contributed by atoms with Crippen LogP contribution in [0.2, 0.25) is 0 Å². The van der Waals surface area contributed by atoms with Gasteiger partial charge in [-0.1, -0.05) is 78.9 Å². The number of rotatable bonds is 3. The lowest BCUT2D eigenvalue weighted by Crippen LogP contribution is -2.08. The van der Waals surface area contributed by atoms with Gasteiger partial charge in [-0.05, 0) is 28.6 Å². The summed E-state index contributed by atoms with van der Waals surface area (Å²) in [6, 6.07) is 31.3. The molecule has 0 N–H and O–H groups in total. The van der Waals surface area contributed by atoms with Crippen LogP contribution in [0.15, 0.2) is 96.0 Å². The largest absolute Gasteiger partial charge is 0.466 e. The van der Waals surface area contributed by atoms with E-state index in [0.717, 1.165) is 16.3 Å².